The summed E-state index contributed by atoms with van der Waals surface area (Å²) in [7, 11) is -4.05. The molecule has 2 aromatic rings. The second-order valence-corrected chi connectivity index (χ2v) is 8.22. The van der Waals surface area contributed by atoms with Crippen molar-refractivity contribution in [3.8, 4) is 5.88 Å². The Morgan fingerprint density at radius 2 is 1.85 bits per heavy atom. The van der Waals surface area contributed by atoms with Crippen LogP contribution in [0.3, 0.4) is 0 Å². The summed E-state index contributed by atoms with van der Waals surface area (Å²) in [5.41, 5.74) is 0. The van der Waals surface area contributed by atoms with Gasteiger partial charge in [0.2, 0.25) is 15.9 Å². The number of hydrogen-bond donors (Lipinski definition) is 1. The third kappa shape index (κ3) is 4.69. The van der Waals surface area contributed by atoms with Crippen molar-refractivity contribution in [3.05, 3.63) is 53.2 Å². The summed E-state index contributed by atoms with van der Waals surface area (Å²) in [5, 5.41) is 0.517. The molecule has 5 nitrogen and oxygen atoms in total. The molecule has 1 aromatic carbocycles. The molecular formula is C17H17ClF2N2O3S. The summed E-state index contributed by atoms with van der Waals surface area (Å²) in [4.78, 5) is 3.52. The molecule has 0 atom stereocenters. The van der Waals surface area contributed by atoms with Gasteiger partial charge in [0, 0.05) is 24.4 Å². The summed E-state index contributed by atoms with van der Waals surface area (Å²) < 4.78 is 59.6. The van der Waals surface area contributed by atoms with Gasteiger partial charge in [0.05, 0.1) is 5.02 Å². The topological polar surface area (TPSA) is 68.3 Å². The van der Waals surface area contributed by atoms with E-state index in [1.54, 1.807) is 12.1 Å². The number of ether oxygens (including phenoxy) is 1. The van der Waals surface area contributed by atoms with Crippen LogP contribution in [-0.4, -0.2) is 25.5 Å². The third-order valence-corrected chi connectivity index (χ3v) is 5.94. The summed E-state index contributed by atoms with van der Waals surface area (Å²) in [6.45, 7) is 0. The maximum Gasteiger partial charge on any atom is 0.243 e. The van der Waals surface area contributed by atoms with Crippen LogP contribution >= 0.6 is 11.6 Å². The Balaban J connectivity index is 1.57. The molecule has 1 aliphatic carbocycles. The van der Waals surface area contributed by atoms with Gasteiger partial charge in [-0.1, -0.05) is 11.6 Å². The molecule has 1 heterocycles. The van der Waals surface area contributed by atoms with Crippen molar-refractivity contribution < 1.29 is 21.9 Å². The fourth-order valence-corrected chi connectivity index (χ4v) is 4.35. The number of hydrogen-bond acceptors (Lipinski definition) is 4. The molecule has 1 fully saturated rings. The Bertz CT molecular complexity index is 870. The average Bonchev–Trinajstić information content (AvgIpc) is 2.58. The van der Waals surface area contributed by atoms with Crippen LogP contribution in [0.2, 0.25) is 5.02 Å². The van der Waals surface area contributed by atoms with Crippen molar-refractivity contribution >= 4 is 21.6 Å². The van der Waals surface area contributed by atoms with Crippen LogP contribution in [0, 0.1) is 11.6 Å². The molecular weight excluding hydrogens is 386 g/mol. The molecule has 0 spiro atoms. The molecule has 1 saturated carbocycles. The number of pyridine rings is 1. The Morgan fingerprint density at radius 3 is 2.46 bits per heavy atom. The Kier molecular flexibility index (Phi) is 5.74. The van der Waals surface area contributed by atoms with Gasteiger partial charge in [-0.2, -0.15) is 0 Å². The lowest BCUT2D eigenvalue weighted by molar-refractivity contribution is 0.138. The summed E-state index contributed by atoms with van der Waals surface area (Å²) >= 11 is 5.77. The number of halogens is 3. The first-order valence-corrected chi connectivity index (χ1v) is 9.95. The van der Waals surface area contributed by atoms with Crippen LogP contribution in [0.4, 0.5) is 8.78 Å². The maximum absolute atomic E-state index is 13.7. The van der Waals surface area contributed by atoms with Gasteiger partial charge >= 0.3 is 0 Å². The number of nitrogens with zero attached hydrogens (tertiary/aromatic N) is 1. The summed E-state index contributed by atoms with van der Waals surface area (Å²) in [6, 6.07) is 5.42. The minimum absolute atomic E-state index is 0.0769. The van der Waals surface area contributed by atoms with Crippen LogP contribution in [0.25, 0.3) is 0 Å². The van der Waals surface area contributed by atoms with E-state index in [2.05, 4.69) is 9.71 Å². The molecule has 0 saturated heterocycles. The second kappa shape index (κ2) is 7.85. The van der Waals surface area contributed by atoms with Gasteiger partial charge in [0.25, 0.3) is 0 Å². The first-order chi connectivity index (χ1) is 12.3. The highest BCUT2D eigenvalue weighted by Gasteiger charge is 2.28. The predicted molar refractivity (Wildman–Crippen MR) is 92.6 cm³/mol. The zero-order chi connectivity index (χ0) is 18.7. The highest BCUT2D eigenvalue weighted by Crippen LogP contribution is 2.25. The molecule has 140 valence electrons. The molecule has 0 bridgehead atoms. The largest absolute Gasteiger partial charge is 0.474 e. The van der Waals surface area contributed by atoms with Crippen LogP contribution in [0.1, 0.15) is 25.7 Å². The third-order valence-electron chi connectivity index (χ3n) is 4.17. The van der Waals surface area contributed by atoms with E-state index in [4.69, 9.17) is 16.3 Å². The monoisotopic (exact) mass is 402 g/mol. The Labute approximate surface area is 155 Å². The minimum atomic E-state index is -4.05. The maximum atomic E-state index is 13.7. The second-order valence-electron chi connectivity index (χ2n) is 6.10. The van der Waals surface area contributed by atoms with Gasteiger partial charge in [-0.3, -0.25) is 0 Å². The lowest BCUT2D eigenvalue weighted by Crippen LogP contribution is -2.40. The van der Waals surface area contributed by atoms with E-state index in [9.17, 15) is 17.2 Å². The number of sulfonamides is 1. The summed E-state index contributed by atoms with van der Waals surface area (Å²) in [5.74, 6) is -1.47. The SMILES string of the molecule is O=S(=O)(NC1CCC(Oc2ccc(Cl)cn2)CC1)c1ccc(F)cc1F. The lowest BCUT2D eigenvalue weighted by atomic mass is 9.94. The number of nitrogens with one attached hydrogen (secondary N) is 1. The van der Waals surface area contributed by atoms with Crippen molar-refractivity contribution in [3.63, 3.8) is 0 Å². The fourth-order valence-electron chi connectivity index (χ4n) is 2.88. The molecule has 0 amide bonds. The predicted octanol–water partition coefficient (Wildman–Crippen LogP) is 3.68. The van der Waals surface area contributed by atoms with Crippen LogP contribution in [0.15, 0.2) is 41.4 Å². The molecule has 1 aliphatic rings. The minimum Gasteiger partial charge on any atom is -0.474 e. The van der Waals surface area contributed by atoms with Crippen molar-refractivity contribution in [2.45, 2.75) is 42.7 Å². The van der Waals surface area contributed by atoms with Crippen LogP contribution in [-0.2, 0) is 10.0 Å². The zero-order valence-electron chi connectivity index (χ0n) is 13.7. The molecule has 26 heavy (non-hydrogen) atoms. The van der Waals surface area contributed by atoms with Crippen LogP contribution < -0.4 is 9.46 Å². The molecule has 0 aliphatic heterocycles. The van der Waals surface area contributed by atoms with Gasteiger partial charge < -0.3 is 4.74 Å². The van der Waals surface area contributed by atoms with Gasteiger partial charge in [-0.05, 0) is 43.9 Å². The Hall–Kier alpha value is -1.77. The number of aromatic nitrogens is 1. The normalized spacial score (nSPS) is 20.7. The van der Waals surface area contributed by atoms with E-state index in [0.29, 0.717) is 42.7 Å². The van der Waals surface area contributed by atoms with Crippen molar-refractivity contribution in [2.75, 3.05) is 0 Å². The molecule has 0 radical (unpaired) electrons. The van der Waals surface area contributed by atoms with E-state index >= 15 is 0 Å². The highest BCUT2D eigenvalue weighted by molar-refractivity contribution is 7.89. The van der Waals surface area contributed by atoms with Crippen molar-refractivity contribution in [2.24, 2.45) is 0 Å². The van der Waals surface area contributed by atoms with E-state index in [1.807, 2.05) is 0 Å². The van der Waals surface area contributed by atoms with Crippen molar-refractivity contribution in [1.29, 1.82) is 0 Å². The van der Waals surface area contributed by atoms with Crippen LogP contribution in [0.5, 0.6) is 5.88 Å². The van der Waals surface area contributed by atoms with Crippen molar-refractivity contribution in [1.82, 2.24) is 9.71 Å². The first-order valence-electron chi connectivity index (χ1n) is 8.09. The summed E-state index contributed by atoms with van der Waals surface area (Å²) in [6.07, 6.45) is 3.76. The number of benzene rings is 1. The number of rotatable bonds is 5. The first kappa shape index (κ1) is 19.0. The van der Waals surface area contributed by atoms with Gasteiger partial charge in [0.1, 0.15) is 22.6 Å². The fraction of sp³-hybridized carbons (Fsp3) is 0.353. The highest BCUT2D eigenvalue weighted by atomic mass is 35.5. The molecule has 3 rings (SSSR count). The molecule has 1 N–H and O–H groups in total. The van der Waals surface area contributed by atoms with Gasteiger partial charge in [-0.25, -0.2) is 26.9 Å². The molecule has 1 aromatic heterocycles. The Morgan fingerprint density at radius 1 is 1.12 bits per heavy atom. The standard InChI is InChI=1S/C17H17ClF2N2O3S/c18-11-1-8-17(21-10-11)25-14-5-3-13(4-6-14)22-26(23,24)16-7-2-12(19)9-15(16)20/h1-2,7-10,13-14,22H,3-6H2. The lowest BCUT2D eigenvalue weighted by Gasteiger charge is -2.29. The zero-order valence-corrected chi connectivity index (χ0v) is 15.2. The van der Waals surface area contributed by atoms with E-state index in [-0.39, 0.29) is 12.1 Å². The van der Waals surface area contributed by atoms with E-state index < -0.39 is 26.6 Å². The average molecular weight is 403 g/mol. The van der Waals surface area contributed by atoms with E-state index in [1.165, 1.54) is 6.20 Å². The van der Waals surface area contributed by atoms with Gasteiger partial charge in [0.15, 0.2) is 0 Å². The molecule has 0 unspecified atom stereocenters. The van der Waals surface area contributed by atoms with Gasteiger partial charge in [-0.15, -0.1) is 0 Å². The quantitative estimate of drug-likeness (QED) is 0.828. The smallest absolute Gasteiger partial charge is 0.243 e. The van der Waals surface area contributed by atoms with E-state index in [0.717, 1.165) is 12.1 Å². The molecule has 9 heteroatoms.